The van der Waals surface area contributed by atoms with Gasteiger partial charge in [0, 0.05) is 12.8 Å². The average Bonchev–Trinajstić information content (AvgIpc) is 2.31. The maximum Gasteiger partial charge on any atom is 0.232 e. The van der Waals surface area contributed by atoms with Gasteiger partial charge < -0.3 is 15.2 Å². The van der Waals surface area contributed by atoms with Crippen LogP contribution in [-0.4, -0.2) is 35.1 Å². The SMILES string of the molecule is N=C(N)c1cnc(OC2CCOCC2)cn1. The van der Waals surface area contributed by atoms with Crippen molar-refractivity contribution in [2.45, 2.75) is 18.9 Å². The Bertz CT molecular complexity index is 360. The predicted octanol–water partition coefficient (Wildman–Crippen LogP) is 0.318. The molecule has 16 heavy (non-hydrogen) atoms. The second kappa shape index (κ2) is 4.89. The van der Waals surface area contributed by atoms with E-state index in [1.54, 1.807) is 0 Å². The van der Waals surface area contributed by atoms with Crippen LogP contribution < -0.4 is 10.5 Å². The van der Waals surface area contributed by atoms with E-state index in [-0.39, 0.29) is 11.9 Å². The molecule has 0 bridgehead atoms. The minimum absolute atomic E-state index is 0.0925. The lowest BCUT2D eigenvalue weighted by molar-refractivity contribution is 0.0235. The molecule has 1 fully saturated rings. The highest BCUT2D eigenvalue weighted by molar-refractivity contribution is 5.92. The molecule has 2 rings (SSSR count). The zero-order valence-corrected chi connectivity index (χ0v) is 8.85. The molecule has 0 amide bonds. The molecule has 0 saturated carbocycles. The van der Waals surface area contributed by atoms with Crippen molar-refractivity contribution in [3.8, 4) is 5.88 Å². The third-order valence-corrected chi connectivity index (χ3v) is 2.36. The Morgan fingerprint density at radius 3 is 2.69 bits per heavy atom. The molecule has 3 N–H and O–H groups in total. The summed E-state index contributed by atoms with van der Waals surface area (Å²) in [6, 6.07) is 0. The van der Waals surface area contributed by atoms with E-state index < -0.39 is 0 Å². The lowest BCUT2D eigenvalue weighted by atomic mass is 10.2. The van der Waals surface area contributed by atoms with E-state index >= 15 is 0 Å². The molecule has 1 saturated heterocycles. The lowest BCUT2D eigenvalue weighted by Crippen LogP contribution is -2.26. The number of nitrogens with one attached hydrogen (secondary N) is 1. The first-order valence-electron chi connectivity index (χ1n) is 5.16. The molecule has 86 valence electrons. The first-order chi connectivity index (χ1) is 7.75. The van der Waals surface area contributed by atoms with Crippen molar-refractivity contribution < 1.29 is 9.47 Å². The van der Waals surface area contributed by atoms with Gasteiger partial charge in [-0.3, -0.25) is 5.41 Å². The van der Waals surface area contributed by atoms with E-state index in [1.165, 1.54) is 12.4 Å². The molecule has 1 aromatic rings. The predicted molar refractivity (Wildman–Crippen MR) is 57.5 cm³/mol. The van der Waals surface area contributed by atoms with Crippen LogP contribution in [0.5, 0.6) is 5.88 Å². The van der Waals surface area contributed by atoms with Gasteiger partial charge in [0.2, 0.25) is 5.88 Å². The molecule has 0 radical (unpaired) electrons. The monoisotopic (exact) mass is 222 g/mol. The zero-order chi connectivity index (χ0) is 11.4. The van der Waals surface area contributed by atoms with Gasteiger partial charge in [0.25, 0.3) is 0 Å². The van der Waals surface area contributed by atoms with Gasteiger partial charge in [-0.05, 0) is 0 Å². The number of ether oxygens (including phenoxy) is 2. The minimum atomic E-state index is -0.0925. The first kappa shape index (κ1) is 10.8. The van der Waals surface area contributed by atoms with Crippen molar-refractivity contribution in [3.05, 3.63) is 18.1 Å². The maximum absolute atomic E-state index is 7.18. The van der Waals surface area contributed by atoms with E-state index in [4.69, 9.17) is 20.6 Å². The smallest absolute Gasteiger partial charge is 0.232 e. The van der Waals surface area contributed by atoms with Crippen molar-refractivity contribution in [3.63, 3.8) is 0 Å². The van der Waals surface area contributed by atoms with Crippen LogP contribution in [0, 0.1) is 5.41 Å². The molecule has 1 aromatic heterocycles. The van der Waals surface area contributed by atoms with Gasteiger partial charge in [-0.25, -0.2) is 9.97 Å². The van der Waals surface area contributed by atoms with Gasteiger partial charge in [0.05, 0.1) is 25.6 Å². The topological polar surface area (TPSA) is 94.1 Å². The minimum Gasteiger partial charge on any atom is -0.473 e. The van der Waals surface area contributed by atoms with E-state index in [0.29, 0.717) is 11.6 Å². The summed E-state index contributed by atoms with van der Waals surface area (Å²) < 4.78 is 10.9. The second-order valence-corrected chi connectivity index (χ2v) is 3.58. The van der Waals surface area contributed by atoms with Crippen LogP contribution in [0.4, 0.5) is 0 Å². The van der Waals surface area contributed by atoms with Crippen molar-refractivity contribution in [2.75, 3.05) is 13.2 Å². The van der Waals surface area contributed by atoms with Crippen LogP contribution in [0.25, 0.3) is 0 Å². The number of nitrogen functional groups attached to an aromatic ring is 1. The van der Waals surface area contributed by atoms with Crippen LogP contribution >= 0.6 is 0 Å². The van der Waals surface area contributed by atoms with Crippen LogP contribution in [0.1, 0.15) is 18.5 Å². The fourth-order valence-corrected chi connectivity index (χ4v) is 1.48. The van der Waals surface area contributed by atoms with Crippen molar-refractivity contribution in [2.24, 2.45) is 5.73 Å². The Hall–Kier alpha value is -1.69. The quantitative estimate of drug-likeness (QED) is 0.567. The molecule has 2 heterocycles. The van der Waals surface area contributed by atoms with Gasteiger partial charge in [-0.1, -0.05) is 0 Å². The summed E-state index contributed by atoms with van der Waals surface area (Å²) in [6.07, 6.45) is 4.82. The molecule has 1 aliphatic heterocycles. The van der Waals surface area contributed by atoms with E-state index in [0.717, 1.165) is 26.1 Å². The maximum atomic E-state index is 7.18. The number of amidine groups is 1. The fourth-order valence-electron chi connectivity index (χ4n) is 1.48. The van der Waals surface area contributed by atoms with Crippen LogP contribution in [0.15, 0.2) is 12.4 Å². The molecule has 6 nitrogen and oxygen atoms in total. The fraction of sp³-hybridized carbons (Fsp3) is 0.500. The average molecular weight is 222 g/mol. The standard InChI is InChI=1S/C10H14N4O2/c11-10(12)8-5-14-9(6-13-8)16-7-1-3-15-4-2-7/h5-7H,1-4H2,(H3,11,12). The number of hydrogen-bond donors (Lipinski definition) is 2. The summed E-state index contributed by atoms with van der Waals surface area (Å²) in [5, 5.41) is 7.18. The summed E-state index contributed by atoms with van der Waals surface area (Å²) in [5.74, 6) is 0.377. The highest BCUT2D eigenvalue weighted by atomic mass is 16.5. The van der Waals surface area contributed by atoms with Crippen molar-refractivity contribution in [1.29, 1.82) is 5.41 Å². The van der Waals surface area contributed by atoms with Gasteiger partial charge in [-0.2, -0.15) is 0 Å². The van der Waals surface area contributed by atoms with Crippen LogP contribution in [0.2, 0.25) is 0 Å². The number of hydrogen-bond acceptors (Lipinski definition) is 5. The summed E-state index contributed by atoms with van der Waals surface area (Å²) in [6.45, 7) is 1.45. The largest absolute Gasteiger partial charge is 0.473 e. The summed E-state index contributed by atoms with van der Waals surface area (Å²) in [7, 11) is 0. The number of nitrogens with zero attached hydrogens (tertiary/aromatic N) is 2. The van der Waals surface area contributed by atoms with Gasteiger partial charge in [0.1, 0.15) is 17.6 Å². The Labute approximate surface area is 93.3 Å². The van der Waals surface area contributed by atoms with Gasteiger partial charge in [-0.15, -0.1) is 0 Å². The number of rotatable bonds is 3. The molecular weight excluding hydrogens is 208 g/mol. The normalized spacial score (nSPS) is 17.0. The highest BCUT2D eigenvalue weighted by Gasteiger charge is 2.15. The first-order valence-corrected chi connectivity index (χ1v) is 5.16. The van der Waals surface area contributed by atoms with E-state index in [1.807, 2.05) is 0 Å². The molecule has 0 unspecified atom stereocenters. The summed E-state index contributed by atoms with van der Waals surface area (Å²) in [5.41, 5.74) is 5.63. The highest BCUT2D eigenvalue weighted by Crippen LogP contribution is 2.14. The Morgan fingerprint density at radius 2 is 2.12 bits per heavy atom. The molecule has 6 heteroatoms. The lowest BCUT2D eigenvalue weighted by Gasteiger charge is -2.22. The second-order valence-electron chi connectivity index (χ2n) is 3.58. The summed E-state index contributed by atoms with van der Waals surface area (Å²) >= 11 is 0. The molecule has 1 aliphatic rings. The van der Waals surface area contributed by atoms with Crippen molar-refractivity contribution >= 4 is 5.84 Å². The van der Waals surface area contributed by atoms with Crippen LogP contribution in [-0.2, 0) is 4.74 Å². The third kappa shape index (κ3) is 2.66. The molecular formula is C10H14N4O2. The Morgan fingerprint density at radius 1 is 1.38 bits per heavy atom. The Balaban J connectivity index is 1.96. The molecule has 0 aliphatic carbocycles. The Kier molecular flexibility index (Phi) is 3.31. The molecule has 0 aromatic carbocycles. The molecule has 0 spiro atoms. The summed E-state index contributed by atoms with van der Waals surface area (Å²) in [4.78, 5) is 8.02. The number of aromatic nitrogens is 2. The third-order valence-electron chi connectivity index (χ3n) is 2.36. The van der Waals surface area contributed by atoms with Crippen molar-refractivity contribution in [1.82, 2.24) is 9.97 Å². The number of nitrogens with two attached hydrogens (primary N) is 1. The van der Waals surface area contributed by atoms with Gasteiger partial charge >= 0.3 is 0 Å². The molecule has 0 atom stereocenters. The van der Waals surface area contributed by atoms with E-state index in [2.05, 4.69) is 9.97 Å². The van der Waals surface area contributed by atoms with Crippen LogP contribution in [0.3, 0.4) is 0 Å². The van der Waals surface area contributed by atoms with Gasteiger partial charge in [0.15, 0.2) is 0 Å². The van der Waals surface area contributed by atoms with E-state index in [9.17, 15) is 0 Å². The zero-order valence-electron chi connectivity index (χ0n) is 8.85.